The average molecular weight is 971 g/mol. The number of pyridine rings is 1. The lowest BCUT2D eigenvalue weighted by Crippen LogP contribution is -2.48. The van der Waals surface area contributed by atoms with Crippen LogP contribution in [0.5, 0.6) is 5.75 Å². The van der Waals surface area contributed by atoms with Crippen molar-refractivity contribution in [3.63, 3.8) is 0 Å². The van der Waals surface area contributed by atoms with Gasteiger partial charge in [0.05, 0.1) is 0 Å². The molecule has 2 heteroatoms. The number of phenols is 1. The fraction of sp³-hybridized carbons (Fsp3) is 0.403. The maximum atomic E-state index is 12.7. The zero-order valence-electron chi connectivity index (χ0n) is 45.2. The molecule has 74 heavy (non-hydrogen) atoms. The van der Waals surface area contributed by atoms with Gasteiger partial charge in [0.2, 0.25) is 17.1 Å². The summed E-state index contributed by atoms with van der Waals surface area (Å²) in [7, 11) is 0. The van der Waals surface area contributed by atoms with Gasteiger partial charge in [0, 0.05) is 52.1 Å². The minimum absolute atomic E-state index is 0.00164. The summed E-state index contributed by atoms with van der Waals surface area (Å²) in [4.78, 5) is 0. The number of hydrogen-bond donors (Lipinski definition) is 1. The highest BCUT2D eigenvalue weighted by molar-refractivity contribution is 5.85. The van der Waals surface area contributed by atoms with Gasteiger partial charge in [-0.15, -0.1) is 5.92 Å². The Hall–Kier alpha value is -6.17. The van der Waals surface area contributed by atoms with E-state index in [9.17, 15) is 5.11 Å². The Morgan fingerprint density at radius 2 is 0.757 bits per heavy atom. The van der Waals surface area contributed by atoms with Crippen LogP contribution < -0.4 is 4.57 Å². The predicted molar refractivity (Wildman–Crippen MR) is 306 cm³/mol. The fourth-order valence-corrected chi connectivity index (χ4v) is 16.8. The molecule has 1 aromatic heterocycles. The Labute approximate surface area is 442 Å². The first-order valence-electron chi connectivity index (χ1n) is 28.5. The molecule has 0 aliphatic heterocycles. The molecular weight excluding hydrogens is 895 g/mol. The third-order valence-corrected chi connectivity index (χ3v) is 19.7. The summed E-state index contributed by atoms with van der Waals surface area (Å²) in [5, 5.41) is 12.7. The van der Waals surface area contributed by atoms with E-state index in [-0.39, 0.29) is 16.6 Å². The molecule has 0 unspecified atom stereocenters. The number of hydrogen-bond acceptors (Lipinski definition) is 1. The highest BCUT2D eigenvalue weighted by Gasteiger charge is 2.53. The number of rotatable bonds is 8. The van der Waals surface area contributed by atoms with Crippen molar-refractivity contribution in [2.75, 3.05) is 0 Å². The molecule has 0 atom stereocenters. The second kappa shape index (κ2) is 17.7. The van der Waals surface area contributed by atoms with Crippen LogP contribution in [0.15, 0.2) is 146 Å². The zero-order chi connectivity index (χ0) is 50.7. The van der Waals surface area contributed by atoms with Gasteiger partial charge in [0.25, 0.3) is 0 Å². The number of benzene rings is 6. The molecule has 374 valence electrons. The Kier molecular flexibility index (Phi) is 11.4. The summed E-state index contributed by atoms with van der Waals surface area (Å²) >= 11 is 0. The first-order chi connectivity index (χ1) is 35.6. The van der Waals surface area contributed by atoms with E-state index < -0.39 is 0 Å². The first kappa shape index (κ1) is 47.5. The smallest absolute Gasteiger partial charge is 0.219 e. The molecule has 8 bridgehead atoms. The molecule has 0 saturated heterocycles. The van der Waals surface area contributed by atoms with Crippen LogP contribution in [-0.4, -0.2) is 5.11 Å². The highest BCUT2D eigenvalue weighted by Crippen LogP contribution is 2.62. The van der Waals surface area contributed by atoms with Gasteiger partial charge in [0.15, 0.2) is 0 Å². The maximum absolute atomic E-state index is 12.7. The fourth-order valence-electron chi connectivity index (χ4n) is 16.8. The van der Waals surface area contributed by atoms with E-state index in [0.29, 0.717) is 10.8 Å². The van der Waals surface area contributed by atoms with Gasteiger partial charge in [-0.25, -0.2) is 0 Å². The van der Waals surface area contributed by atoms with Crippen molar-refractivity contribution in [1.29, 1.82) is 0 Å². The van der Waals surface area contributed by atoms with Crippen LogP contribution in [0.4, 0.5) is 0 Å². The van der Waals surface area contributed by atoms with Gasteiger partial charge in [0.1, 0.15) is 5.75 Å². The summed E-state index contributed by atoms with van der Waals surface area (Å²) < 4.78 is 2.53. The third-order valence-electron chi connectivity index (χ3n) is 19.7. The molecule has 8 aliphatic carbocycles. The number of nitrogens with zero attached hydrogens (tertiary/aromatic N) is 1. The molecule has 8 saturated carbocycles. The van der Waals surface area contributed by atoms with Crippen molar-refractivity contribution in [3.05, 3.63) is 173 Å². The first-order valence-corrected chi connectivity index (χ1v) is 28.5. The minimum Gasteiger partial charge on any atom is -0.507 e. The topological polar surface area (TPSA) is 24.1 Å². The summed E-state index contributed by atoms with van der Waals surface area (Å²) in [6, 6.07) is 55.9. The van der Waals surface area contributed by atoms with Crippen molar-refractivity contribution >= 4 is 0 Å². The van der Waals surface area contributed by atoms with Gasteiger partial charge in [-0.1, -0.05) is 132 Å². The van der Waals surface area contributed by atoms with E-state index in [2.05, 4.69) is 204 Å². The Bertz CT molecular complexity index is 3150. The summed E-state index contributed by atoms with van der Waals surface area (Å²) in [5.41, 5.74) is 19.0. The highest BCUT2D eigenvalue weighted by atomic mass is 16.3. The summed E-state index contributed by atoms with van der Waals surface area (Å²) in [6.07, 6.45) is 16.8. The lowest BCUT2D eigenvalue weighted by atomic mass is 9.48. The molecule has 8 fully saturated rings. The van der Waals surface area contributed by atoms with Gasteiger partial charge in [-0.05, 0) is 222 Å². The van der Waals surface area contributed by atoms with E-state index in [0.717, 1.165) is 80.4 Å². The molecule has 0 radical (unpaired) electrons. The van der Waals surface area contributed by atoms with Gasteiger partial charge >= 0.3 is 0 Å². The molecule has 7 aromatic rings. The second-order valence-electron chi connectivity index (χ2n) is 26.9. The lowest BCUT2D eigenvalue weighted by molar-refractivity contribution is -0.572. The van der Waals surface area contributed by atoms with Crippen LogP contribution >= 0.6 is 0 Å². The predicted octanol–water partition coefficient (Wildman–Crippen LogP) is 17.9. The molecule has 1 heterocycles. The number of aromatic nitrogens is 1. The Balaban J connectivity index is 1.04. The molecule has 0 amide bonds. The monoisotopic (exact) mass is 971 g/mol. The van der Waals surface area contributed by atoms with Crippen molar-refractivity contribution in [2.24, 2.45) is 35.5 Å². The van der Waals surface area contributed by atoms with E-state index >= 15 is 0 Å². The summed E-state index contributed by atoms with van der Waals surface area (Å²) in [6.45, 7) is 15.6. The van der Waals surface area contributed by atoms with Crippen LogP contribution in [0.3, 0.4) is 0 Å². The third kappa shape index (κ3) is 8.46. The zero-order valence-corrected chi connectivity index (χ0v) is 45.2. The molecule has 6 aromatic carbocycles. The van der Waals surface area contributed by atoms with E-state index in [1.54, 1.807) is 11.1 Å². The maximum Gasteiger partial charge on any atom is 0.219 e. The van der Waals surface area contributed by atoms with Crippen molar-refractivity contribution in [1.82, 2.24) is 0 Å². The molecule has 0 spiro atoms. The summed E-state index contributed by atoms with van der Waals surface area (Å²) in [5.74, 6) is 11.9. The van der Waals surface area contributed by atoms with Crippen molar-refractivity contribution < 1.29 is 9.67 Å². The van der Waals surface area contributed by atoms with Gasteiger partial charge < -0.3 is 5.11 Å². The second-order valence-corrected chi connectivity index (χ2v) is 26.9. The quantitative estimate of drug-likeness (QED) is 0.119. The Morgan fingerprint density at radius 1 is 0.419 bits per heavy atom. The molecule has 8 aliphatic rings. The molecule has 15 rings (SSSR count). The molecule has 1 N–H and O–H groups in total. The van der Waals surface area contributed by atoms with E-state index in [4.69, 9.17) is 0 Å². The molecule has 2 nitrogen and oxygen atoms in total. The minimum atomic E-state index is 0.00164. The average Bonchev–Trinajstić information content (AvgIpc) is 3.39. The molecular formula is C72H76NO+. The van der Waals surface area contributed by atoms with Crippen LogP contribution in [0.2, 0.25) is 0 Å². The normalized spacial score (nSPS) is 26.5. The van der Waals surface area contributed by atoms with Crippen molar-refractivity contribution in [2.45, 2.75) is 147 Å². The SMILES string of the molecule is CC#Cc1ccc(-c2cc(-[n+]3c(-c4ccc(C56CC7CC(CC(C7)C5)C6)cc4)cc(-c4ccc(C(C)(C)C)cc4)cc3-c3ccc(C45CC6CC(CC(C6)C4)C5)cc3)cc(-c3ccc(C(C)(C)C)cc3)c2O)cc1. The number of phenolic OH excluding ortho intramolecular Hbond substituents is 1. The van der Waals surface area contributed by atoms with Crippen molar-refractivity contribution in [3.8, 4) is 79.2 Å². The number of aromatic hydroxyl groups is 1. The van der Waals surface area contributed by atoms with E-state index in [1.165, 1.54) is 110 Å². The lowest BCUT2D eigenvalue weighted by Gasteiger charge is -2.57. The Morgan fingerprint density at radius 3 is 1.11 bits per heavy atom. The van der Waals surface area contributed by atoms with Crippen LogP contribution in [0, 0.1) is 47.3 Å². The standard InChI is InChI=1S/C72H75NO/c1-8-9-46-10-12-54(13-11-46)64-38-63(39-65(68(64)74)55-16-24-60(25-17-55)70(5,6)7)73-66(56-18-26-61(27-19-56)71-40-47-30-48(41-71)32-49(31-47)42-71)36-58(53-14-22-59(23-15-53)69(2,3)4)37-67(73)57-20-28-62(29-21-57)72-43-50-33-51(44-72)35-52(34-50)45-72/h10-29,36-39,47-52H,30-35,40-45H2,1-7H3/p+1. The van der Waals surface area contributed by atoms with Gasteiger partial charge in [-0.3, -0.25) is 0 Å². The van der Waals surface area contributed by atoms with E-state index in [1.807, 2.05) is 6.92 Å². The van der Waals surface area contributed by atoms with Crippen LogP contribution in [0.1, 0.15) is 153 Å². The largest absolute Gasteiger partial charge is 0.507 e. The van der Waals surface area contributed by atoms with Crippen LogP contribution in [-0.2, 0) is 21.7 Å². The van der Waals surface area contributed by atoms with Gasteiger partial charge in [-0.2, -0.15) is 4.57 Å². The van der Waals surface area contributed by atoms with Crippen LogP contribution in [0.25, 0.3) is 61.6 Å².